The molecule has 1 aliphatic rings. The Bertz CT molecular complexity index is 592. The molecular formula is C16H17NO4. The number of ether oxygens (including phenoxy) is 2. The van der Waals surface area contributed by atoms with Gasteiger partial charge in [-0.2, -0.15) is 0 Å². The van der Waals surface area contributed by atoms with Crippen molar-refractivity contribution in [2.75, 3.05) is 13.2 Å². The van der Waals surface area contributed by atoms with Crippen LogP contribution < -0.4 is 10.1 Å². The minimum absolute atomic E-state index is 0.136. The van der Waals surface area contributed by atoms with Crippen LogP contribution in [0.15, 0.2) is 42.5 Å². The Morgan fingerprint density at radius 2 is 2.24 bits per heavy atom. The van der Waals surface area contributed by atoms with E-state index in [1.807, 2.05) is 24.3 Å². The Morgan fingerprint density at radius 3 is 3.00 bits per heavy atom. The number of fused-ring (bicyclic) bond motifs is 1. The van der Waals surface area contributed by atoms with Crippen molar-refractivity contribution in [1.29, 1.82) is 0 Å². The van der Waals surface area contributed by atoms with Gasteiger partial charge in [-0.25, -0.2) is 4.79 Å². The third kappa shape index (κ3) is 3.72. The largest absolute Gasteiger partial charge is 0.488 e. The lowest BCUT2D eigenvalue weighted by atomic mass is 10.1. The fraction of sp³-hybridized carbons (Fsp3) is 0.250. The van der Waals surface area contributed by atoms with Crippen molar-refractivity contribution in [3.63, 3.8) is 0 Å². The van der Waals surface area contributed by atoms with E-state index in [9.17, 15) is 9.59 Å². The van der Waals surface area contributed by atoms with Gasteiger partial charge in [-0.1, -0.05) is 24.3 Å². The van der Waals surface area contributed by atoms with Gasteiger partial charge in [-0.3, -0.25) is 4.79 Å². The number of rotatable bonds is 5. The minimum atomic E-state index is -0.865. The van der Waals surface area contributed by atoms with Crippen molar-refractivity contribution in [3.05, 3.63) is 48.1 Å². The summed E-state index contributed by atoms with van der Waals surface area (Å²) in [5.41, 5.74) is 1.21. The summed E-state index contributed by atoms with van der Waals surface area (Å²) in [7, 11) is 0. The second-order valence-corrected chi connectivity index (χ2v) is 4.58. The second kappa shape index (κ2) is 6.74. The normalized spacial score (nSPS) is 14.0. The molecule has 0 aromatic heterocycles. The molecule has 0 saturated carbocycles. The summed E-state index contributed by atoms with van der Waals surface area (Å²) in [6.45, 7) is 5.49. The van der Waals surface area contributed by atoms with Gasteiger partial charge >= 0.3 is 5.97 Å². The highest BCUT2D eigenvalue weighted by Crippen LogP contribution is 2.26. The number of nitrogens with one attached hydrogen (secondary N) is 1. The average Bonchev–Trinajstić information content (AvgIpc) is 2.51. The lowest BCUT2D eigenvalue weighted by molar-refractivity contribution is -0.151. The third-order valence-corrected chi connectivity index (χ3v) is 2.97. The van der Waals surface area contributed by atoms with Crippen LogP contribution in [0.3, 0.4) is 0 Å². The molecule has 0 spiro atoms. The molecule has 0 saturated heterocycles. The molecule has 110 valence electrons. The van der Waals surface area contributed by atoms with Crippen LogP contribution in [0.25, 0.3) is 6.08 Å². The summed E-state index contributed by atoms with van der Waals surface area (Å²) in [5.74, 6) is -0.183. The molecule has 1 heterocycles. The van der Waals surface area contributed by atoms with Gasteiger partial charge in [0.1, 0.15) is 12.4 Å². The van der Waals surface area contributed by atoms with Gasteiger partial charge < -0.3 is 14.8 Å². The van der Waals surface area contributed by atoms with Crippen LogP contribution in [0.5, 0.6) is 5.75 Å². The van der Waals surface area contributed by atoms with Crippen LogP contribution in [0.2, 0.25) is 0 Å². The van der Waals surface area contributed by atoms with Crippen molar-refractivity contribution < 1.29 is 19.1 Å². The van der Waals surface area contributed by atoms with E-state index in [2.05, 4.69) is 11.9 Å². The summed E-state index contributed by atoms with van der Waals surface area (Å²) in [6.07, 6.45) is 2.41. The summed E-state index contributed by atoms with van der Waals surface area (Å²) in [6, 6.07) is 7.40. The summed E-state index contributed by atoms with van der Waals surface area (Å²) in [4.78, 5) is 23.7. The molecule has 1 amide bonds. The molecule has 0 unspecified atom stereocenters. The van der Waals surface area contributed by atoms with Gasteiger partial charge in [0.2, 0.25) is 0 Å². The van der Waals surface area contributed by atoms with Crippen LogP contribution in [-0.4, -0.2) is 31.1 Å². The van der Waals surface area contributed by atoms with Gasteiger partial charge in [0.05, 0.1) is 5.57 Å². The maximum atomic E-state index is 12.0. The van der Waals surface area contributed by atoms with E-state index in [0.29, 0.717) is 12.1 Å². The number of carbonyl (C=O) groups is 2. The van der Waals surface area contributed by atoms with Crippen LogP contribution in [0.4, 0.5) is 0 Å². The standard InChI is InChI=1S/C16H17NO4/c1-3-8-17-15(18)11(2)21-16(19)13-9-12-6-4-5-7-14(12)20-10-13/h3-7,9,11H,1,8,10H2,2H3,(H,17,18)/t11-/m0/s1. The zero-order valence-corrected chi connectivity index (χ0v) is 11.8. The highest BCUT2D eigenvalue weighted by Gasteiger charge is 2.22. The van der Waals surface area contributed by atoms with Gasteiger partial charge in [0.15, 0.2) is 6.10 Å². The van der Waals surface area contributed by atoms with E-state index in [1.165, 1.54) is 6.92 Å². The maximum Gasteiger partial charge on any atom is 0.338 e. The Morgan fingerprint density at radius 1 is 1.48 bits per heavy atom. The summed E-state index contributed by atoms with van der Waals surface area (Å²) in [5, 5.41) is 2.57. The van der Waals surface area contributed by atoms with Crippen molar-refractivity contribution in [2.24, 2.45) is 0 Å². The number of hydrogen-bond acceptors (Lipinski definition) is 4. The fourth-order valence-corrected chi connectivity index (χ4v) is 1.84. The molecule has 1 N–H and O–H groups in total. The number of amides is 1. The van der Waals surface area contributed by atoms with Gasteiger partial charge in [-0.05, 0) is 19.1 Å². The fourth-order valence-electron chi connectivity index (χ4n) is 1.84. The molecule has 0 aliphatic carbocycles. The molecule has 0 fully saturated rings. The molecule has 5 nitrogen and oxygen atoms in total. The first-order valence-electron chi connectivity index (χ1n) is 6.64. The second-order valence-electron chi connectivity index (χ2n) is 4.58. The lowest BCUT2D eigenvalue weighted by Gasteiger charge is -2.18. The topological polar surface area (TPSA) is 64.6 Å². The maximum absolute atomic E-state index is 12.0. The molecule has 2 rings (SSSR count). The molecule has 0 bridgehead atoms. The zero-order valence-electron chi connectivity index (χ0n) is 11.8. The Hall–Kier alpha value is -2.56. The molecule has 21 heavy (non-hydrogen) atoms. The van der Waals surface area contributed by atoms with Gasteiger partial charge in [0, 0.05) is 12.1 Å². The average molecular weight is 287 g/mol. The number of hydrogen-bond donors (Lipinski definition) is 1. The first-order valence-corrected chi connectivity index (χ1v) is 6.64. The molecule has 1 atom stereocenters. The Labute approximate surface area is 123 Å². The van der Waals surface area contributed by atoms with Crippen molar-refractivity contribution in [3.8, 4) is 5.75 Å². The summed E-state index contributed by atoms with van der Waals surface area (Å²) >= 11 is 0. The monoisotopic (exact) mass is 287 g/mol. The van der Waals surface area contributed by atoms with Gasteiger partial charge in [0.25, 0.3) is 5.91 Å². The summed E-state index contributed by atoms with van der Waals surface area (Å²) < 4.78 is 10.6. The lowest BCUT2D eigenvalue weighted by Crippen LogP contribution is -2.36. The minimum Gasteiger partial charge on any atom is -0.488 e. The van der Waals surface area contributed by atoms with E-state index < -0.39 is 12.1 Å². The molecule has 0 radical (unpaired) electrons. The van der Waals surface area contributed by atoms with E-state index in [1.54, 1.807) is 12.2 Å². The van der Waals surface area contributed by atoms with Crippen LogP contribution >= 0.6 is 0 Å². The Kier molecular flexibility index (Phi) is 4.77. The van der Waals surface area contributed by atoms with E-state index in [0.717, 1.165) is 11.3 Å². The molecule has 1 aromatic rings. The first-order chi connectivity index (χ1) is 10.1. The first kappa shape index (κ1) is 14.8. The van der Waals surface area contributed by atoms with Crippen molar-refractivity contribution >= 4 is 18.0 Å². The third-order valence-electron chi connectivity index (χ3n) is 2.97. The molecule has 1 aromatic carbocycles. The molecule has 5 heteroatoms. The van der Waals surface area contributed by atoms with Gasteiger partial charge in [-0.15, -0.1) is 6.58 Å². The number of esters is 1. The van der Waals surface area contributed by atoms with E-state index in [-0.39, 0.29) is 12.5 Å². The molecular weight excluding hydrogens is 270 g/mol. The van der Waals surface area contributed by atoms with Crippen LogP contribution in [0.1, 0.15) is 12.5 Å². The highest BCUT2D eigenvalue weighted by atomic mass is 16.6. The molecule has 1 aliphatic heterocycles. The number of para-hydroxylation sites is 1. The smallest absolute Gasteiger partial charge is 0.338 e. The Balaban J connectivity index is 2.00. The highest BCUT2D eigenvalue weighted by molar-refractivity contribution is 5.96. The zero-order chi connectivity index (χ0) is 15.2. The van der Waals surface area contributed by atoms with Crippen molar-refractivity contribution in [1.82, 2.24) is 5.32 Å². The van der Waals surface area contributed by atoms with E-state index in [4.69, 9.17) is 9.47 Å². The number of benzene rings is 1. The predicted octanol–water partition coefficient (Wildman–Crippen LogP) is 1.70. The van der Waals surface area contributed by atoms with Crippen molar-refractivity contribution in [2.45, 2.75) is 13.0 Å². The van der Waals surface area contributed by atoms with Crippen LogP contribution in [0, 0.1) is 0 Å². The number of carbonyl (C=O) groups excluding carboxylic acids is 2. The van der Waals surface area contributed by atoms with E-state index >= 15 is 0 Å². The predicted molar refractivity (Wildman–Crippen MR) is 78.7 cm³/mol. The van der Waals surface area contributed by atoms with Crippen LogP contribution in [-0.2, 0) is 14.3 Å². The quantitative estimate of drug-likeness (QED) is 0.661. The SMILES string of the molecule is C=CCNC(=O)[C@H](C)OC(=O)C1=Cc2ccccc2OC1.